The second-order valence-corrected chi connectivity index (χ2v) is 7.96. The molecule has 0 aliphatic heterocycles. The summed E-state index contributed by atoms with van der Waals surface area (Å²) in [6.07, 6.45) is 1.63. The van der Waals surface area contributed by atoms with Crippen molar-refractivity contribution >= 4 is 17.0 Å². The Labute approximate surface area is 165 Å². The molecule has 2 aromatic carbocycles. The predicted octanol–water partition coefficient (Wildman–Crippen LogP) is 4.31. The van der Waals surface area contributed by atoms with Crippen LogP contribution >= 0.6 is 0 Å². The number of benzene rings is 2. The van der Waals surface area contributed by atoms with E-state index in [4.69, 9.17) is 4.74 Å². The Morgan fingerprint density at radius 2 is 1.79 bits per heavy atom. The molecule has 3 rings (SSSR count). The molecule has 1 heterocycles. The van der Waals surface area contributed by atoms with Gasteiger partial charge in [-0.15, -0.1) is 15.0 Å². The zero-order chi connectivity index (χ0) is 20.3. The first-order chi connectivity index (χ1) is 13.3. The lowest BCUT2D eigenvalue weighted by atomic mass is 9.84. The van der Waals surface area contributed by atoms with Gasteiger partial charge in [0.1, 0.15) is 22.5 Å². The Morgan fingerprint density at radius 1 is 1.14 bits per heavy atom. The van der Waals surface area contributed by atoms with Gasteiger partial charge in [0, 0.05) is 12.0 Å². The molecule has 0 fully saturated rings. The third-order valence-corrected chi connectivity index (χ3v) is 4.54. The van der Waals surface area contributed by atoms with Crippen LogP contribution < -0.4 is 0 Å². The first kappa shape index (κ1) is 19.9. The van der Waals surface area contributed by atoms with Crippen molar-refractivity contribution in [3.63, 3.8) is 0 Å². The summed E-state index contributed by atoms with van der Waals surface area (Å²) >= 11 is 0. The van der Waals surface area contributed by atoms with Gasteiger partial charge in [-0.1, -0.05) is 45.9 Å². The minimum absolute atomic E-state index is 0.158. The van der Waals surface area contributed by atoms with Crippen molar-refractivity contribution in [3.05, 3.63) is 47.5 Å². The van der Waals surface area contributed by atoms with Crippen molar-refractivity contribution in [2.24, 2.45) is 0 Å². The van der Waals surface area contributed by atoms with Gasteiger partial charge >= 0.3 is 5.97 Å². The van der Waals surface area contributed by atoms with E-state index in [0.29, 0.717) is 25.1 Å². The van der Waals surface area contributed by atoms with Gasteiger partial charge < -0.3 is 9.84 Å². The molecule has 0 aliphatic rings. The van der Waals surface area contributed by atoms with E-state index in [1.54, 1.807) is 0 Å². The van der Waals surface area contributed by atoms with Crippen molar-refractivity contribution in [1.82, 2.24) is 15.0 Å². The van der Waals surface area contributed by atoms with E-state index in [9.17, 15) is 9.90 Å². The summed E-state index contributed by atoms with van der Waals surface area (Å²) in [5.41, 5.74) is 3.49. The van der Waals surface area contributed by atoms with Gasteiger partial charge in [0.25, 0.3) is 0 Å². The highest BCUT2D eigenvalue weighted by Gasteiger charge is 2.23. The van der Waals surface area contributed by atoms with Gasteiger partial charge in [-0.25, -0.2) is 0 Å². The van der Waals surface area contributed by atoms with E-state index in [0.717, 1.165) is 28.6 Å². The highest BCUT2D eigenvalue weighted by atomic mass is 16.5. The molecule has 0 aliphatic carbocycles. The number of carbonyl (C=O) groups excluding carboxylic acids is 1. The monoisotopic (exact) mass is 381 g/mol. The average Bonchev–Trinajstić information content (AvgIpc) is 3.08. The third-order valence-electron chi connectivity index (χ3n) is 4.54. The molecule has 0 saturated carbocycles. The first-order valence-electron chi connectivity index (χ1n) is 9.64. The Hall–Kier alpha value is -2.89. The topological polar surface area (TPSA) is 77.2 Å². The quantitative estimate of drug-likeness (QED) is 0.644. The van der Waals surface area contributed by atoms with E-state index in [-0.39, 0.29) is 17.1 Å². The summed E-state index contributed by atoms with van der Waals surface area (Å²) in [7, 11) is 0. The fourth-order valence-electron chi connectivity index (χ4n) is 3.05. The molecule has 0 bridgehead atoms. The lowest BCUT2D eigenvalue weighted by Gasteiger charge is -2.23. The molecule has 1 aromatic heterocycles. The van der Waals surface area contributed by atoms with Crippen LogP contribution in [0.25, 0.3) is 16.7 Å². The van der Waals surface area contributed by atoms with Crippen LogP contribution in [-0.2, 0) is 21.4 Å². The molecular formula is C22H27N3O3. The number of hydrogen-bond donors (Lipinski definition) is 1. The van der Waals surface area contributed by atoms with Crippen molar-refractivity contribution < 1.29 is 14.6 Å². The smallest absolute Gasteiger partial charge is 0.306 e. The van der Waals surface area contributed by atoms with E-state index in [1.165, 1.54) is 4.80 Å². The molecule has 0 saturated heterocycles. The predicted molar refractivity (Wildman–Crippen MR) is 109 cm³/mol. The second kappa shape index (κ2) is 8.00. The van der Waals surface area contributed by atoms with Crippen molar-refractivity contribution in [2.45, 2.75) is 52.4 Å². The van der Waals surface area contributed by atoms with Gasteiger partial charge in [-0.05, 0) is 42.0 Å². The molecule has 0 spiro atoms. The summed E-state index contributed by atoms with van der Waals surface area (Å²) in [6, 6.07) is 11.4. The highest BCUT2D eigenvalue weighted by molar-refractivity contribution is 5.74. The minimum Gasteiger partial charge on any atom is -0.505 e. The van der Waals surface area contributed by atoms with E-state index in [2.05, 4.69) is 10.2 Å². The maximum atomic E-state index is 11.9. The number of esters is 1. The molecule has 0 radical (unpaired) electrons. The van der Waals surface area contributed by atoms with Crippen LogP contribution in [0.2, 0.25) is 0 Å². The van der Waals surface area contributed by atoms with E-state index < -0.39 is 0 Å². The highest BCUT2D eigenvalue weighted by Crippen LogP contribution is 2.36. The van der Waals surface area contributed by atoms with Crippen molar-refractivity contribution in [2.75, 3.05) is 6.61 Å². The Morgan fingerprint density at radius 3 is 2.36 bits per heavy atom. The molecule has 0 amide bonds. The van der Waals surface area contributed by atoms with Crippen LogP contribution in [0.15, 0.2) is 36.4 Å². The summed E-state index contributed by atoms with van der Waals surface area (Å²) < 4.78 is 5.17. The molecule has 28 heavy (non-hydrogen) atoms. The lowest BCUT2D eigenvalue weighted by molar-refractivity contribution is -0.143. The number of aryl methyl sites for hydroxylation is 1. The number of rotatable bonds is 6. The fraction of sp³-hybridized carbons (Fsp3) is 0.409. The third kappa shape index (κ3) is 4.32. The summed E-state index contributed by atoms with van der Waals surface area (Å²) in [4.78, 5) is 13.4. The Bertz CT molecular complexity index is 953. The molecule has 0 unspecified atom stereocenters. The first-order valence-corrected chi connectivity index (χ1v) is 9.64. The summed E-state index contributed by atoms with van der Waals surface area (Å²) in [6.45, 7) is 8.53. The fourth-order valence-corrected chi connectivity index (χ4v) is 3.05. The van der Waals surface area contributed by atoms with Gasteiger partial charge in [0.2, 0.25) is 0 Å². The number of fused-ring (bicyclic) bond motifs is 1. The largest absolute Gasteiger partial charge is 0.505 e. The van der Waals surface area contributed by atoms with Crippen molar-refractivity contribution in [3.8, 4) is 11.4 Å². The number of phenolic OH excluding ortho intramolecular Hbond substituents is 1. The number of aromatic hydroxyl groups is 1. The van der Waals surface area contributed by atoms with Crippen LogP contribution in [0.3, 0.4) is 0 Å². The molecule has 3 aromatic rings. The zero-order valence-electron chi connectivity index (χ0n) is 16.9. The molecule has 6 nitrogen and oxygen atoms in total. The molecule has 1 N–H and O–H groups in total. The van der Waals surface area contributed by atoms with E-state index >= 15 is 0 Å². The number of phenols is 1. The molecular weight excluding hydrogens is 354 g/mol. The second-order valence-electron chi connectivity index (χ2n) is 7.96. The molecule has 6 heteroatoms. The van der Waals surface area contributed by atoms with Crippen LogP contribution in [-0.4, -0.2) is 32.7 Å². The van der Waals surface area contributed by atoms with Crippen LogP contribution in [0.5, 0.6) is 5.75 Å². The maximum Gasteiger partial charge on any atom is 0.306 e. The normalized spacial score (nSPS) is 11.7. The van der Waals surface area contributed by atoms with Crippen LogP contribution in [0.1, 0.15) is 51.7 Å². The van der Waals surface area contributed by atoms with Gasteiger partial charge in [0.15, 0.2) is 0 Å². The van der Waals surface area contributed by atoms with E-state index in [1.807, 2.05) is 64.1 Å². The number of hydrogen-bond acceptors (Lipinski definition) is 5. The molecule has 148 valence electrons. The summed E-state index contributed by atoms with van der Waals surface area (Å²) in [5.74, 6) is -0.0538. The van der Waals surface area contributed by atoms with Gasteiger partial charge in [-0.2, -0.15) is 0 Å². The van der Waals surface area contributed by atoms with Gasteiger partial charge in [-0.3, -0.25) is 4.79 Å². The minimum atomic E-state index is -0.274. The number of carbonyl (C=O) groups is 1. The Balaban J connectivity index is 1.99. The van der Waals surface area contributed by atoms with Crippen LogP contribution in [0, 0.1) is 0 Å². The van der Waals surface area contributed by atoms with Crippen LogP contribution in [0.4, 0.5) is 0 Å². The Kier molecular flexibility index (Phi) is 5.68. The number of nitrogens with zero attached hydrogens (tertiary/aromatic N) is 3. The number of aromatic nitrogens is 3. The van der Waals surface area contributed by atoms with Crippen molar-refractivity contribution in [1.29, 1.82) is 0 Å². The molecule has 0 atom stereocenters. The lowest BCUT2D eigenvalue weighted by Crippen LogP contribution is -2.14. The zero-order valence-corrected chi connectivity index (χ0v) is 16.9. The summed E-state index contributed by atoms with van der Waals surface area (Å²) in [5, 5.41) is 19.9. The maximum absolute atomic E-state index is 11.9. The van der Waals surface area contributed by atoms with Gasteiger partial charge in [0.05, 0.1) is 6.61 Å². The number of ether oxygens (including phenoxy) is 1. The standard InChI is InChI=1S/C22H27N3O3/c1-5-12-28-20(26)11-10-15-13-16(22(2,3)4)21(27)19(14-15)25-23-17-8-6-7-9-18(17)24-25/h6-9,13-14,27H,5,10-12H2,1-4H3. The SMILES string of the molecule is CCCOC(=O)CCc1cc(-n2nc3ccccc3n2)c(O)c(C(C)(C)C)c1. The average molecular weight is 381 g/mol.